The van der Waals surface area contributed by atoms with Crippen LogP contribution in [0.5, 0.6) is 0 Å². The highest BCUT2D eigenvalue weighted by molar-refractivity contribution is 5.57. The summed E-state index contributed by atoms with van der Waals surface area (Å²) in [7, 11) is 0. The second kappa shape index (κ2) is 7.28. The first-order valence-corrected chi connectivity index (χ1v) is 8.15. The van der Waals surface area contributed by atoms with Gasteiger partial charge in [0.1, 0.15) is 11.7 Å². The van der Waals surface area contributed by atoms with E-state index in [2.05, 4.69) is 14.8 Å². The van der Waals surface area contributed by atoms with Crippen LogP contribution in [0.25, 0.3) is 0 Å². The van der Waals surface area contributed by atoms with Crippen LogP contribution in [-0.4, -0.2) is 36.8 Å². The molecule has 0 saturated heterocycles. The Hall–Kier alpha value is -3.13. The number of aromatic nitrogens is 4. The third-order valence-corrected chi connectivity index (χ3v) is 4.42. The van der Waals surface area contributed by atoms with Crippen LogP contribution in [0.15, 0.2) is 17.1 Å². The molecule has 3 heterocycles. The first-order chi connectivity index (χ1) is 13.8. The standard InChI is InChI=1S/C15H11F7N4O4/c16-9-6(3-4-23-10(9)15(20,21)22)5-25-12(27)26-8(24-25)2-1-7(14(17,18)19)11(26)30-13(28)29/h3-4,7,11H,1-2,5H2,(H,28,29). The lowest BCUT2D eigenvalue weighted by Crippen LogP contribution is -2.43. The van der Waals surface area contributed by atoms with Gasteiger partial charge in [-0.15, -0.1) is 0 Å². The molecule has 2 aromatic heterocycles. The average Bonchev–Trinajstić information content (AvgIpc) is 2.91. The molecule has 0 radical (unpaired) electrons. The van der Waals surface area contributed by atoms with Gasteiger partial charge in [0.05, 0.1) is 6.54 Å². The van der Waals surface area contributed by atoms with Gasteiger partial charge in [-0.25, -0.2) is 28.2 Å². The van der Waals surface area contributed by atoms with Gasteiger partial charge in [0, 0.05) is 18.2 Å². The van der Waals surface area contributed by atoms with Crippen molar-refractivity contribution in [1.82, 2.24) is 19.3 Å². The first kappa shape index (κ1) is 21.6. The van der Waals surface area contributed by atoms with Crippen LogP contribution < -0.4 is 5.69 Å². The van der Waals surface area contributed by atoms with Crippen molar-refractivity contribution in [1.29, 1.82) is 0 Å². The third kappa shape index (κ3) is 3.95. The molecule has 0 aromatic carbocycles. The van der Waals surface area contributed by atoms with Gasteiger partial charge in [-0.05, 0) is 12.5 Å². The third-order valence-electron chi connectivity index (χ3n) is 4.42. The van der Waals surface area contributed by atoms with E-state index in [1.165, 1.54) is 0 Å². The van der Waals surface area contributed by atoms with E-state index in [-0.39, 0.29) is 5.82 Å². The lowest BCUT2D eigenvalue weighted by atomic mass is 9.96. The van der Waals surface area contributed by atoms with E-state index in [1.807, 2.05) is 0 Å². The number of carbonyl (C=O) groups is 1. The summed E-state index contributed by atoms with van der Waals surface area (Å²) in [4.78, 5) is 26.3. The normalized spacial score (nSPS) is 19.4. The van der Waals surface area contributed by atoms with E-state index >= 15 is 0 Å². The molecular weight excluding hydrogens is 433 g/mol. The van der Waals surface area contributed by atoms with Gasteiger partial charge in [-0.2, -0.15) is 31.4 Å². The number of alkyl halides is 6. The number of hydrogen-bond acceptors (Lipinski definition) is 5. The Morgan fingerprint density at radius 2 is 1.93 bits per heavy atom. The second-order valence-electron chi connectivity index (χ2n) is 6.32. The molecule has 2 unspecified atom stereocenters. The maximum atomic E-state index is 14.2. The summed E-state index contributed by atoms with van der Waals surface area (Å²) in [6.07, 6.45) is -14.7. The summed E-state index contributed by atoms with van der Waals surface area (Å²) in [5, 5.41) is 12.5. The van der Waals surface area contributed by atoms with Crippen LogP contribution in [0.4, 0.5) is 35.5 Å². The number of nitrogens with zero attached hydrogens (tertiary/aromatic N) is 4. The Bertz CT molecular complexity index is 1030. The van der Waals surface area contributed by atoms with Crippen LogP contribution in [0, 0.1) is 11.7 Å². The minimum absolute atomic E-state index is 0.280. The zero-order valence-electron chi connectivity index (χ0n) is 14.5. The SMILES string of the molecule is O=C(O)OC1C(C(F)(F)F)CCc2nn(Cc3ccnc(C(F)(F)F)c3F)c(=O)n21. The van der Waals surface area contributed by atoms with Crippen molar-refractivity contribution in [3.63, 3.8) is 0 Å². The van der Waals surface area contributed by atoms with E-state index in [9.17, 15) is 40.3 Å². The zero-order valence-corrected chi connectivity index (χ0v) is 14.5. The first-order valence-electron chi connectivity index (χ1n) is 8.15. The Labute approximate surface area is 161 Å². The molecule has 2 atom stereocenters. The van der Waals surface area contributed by atoms with Gasteiger partial charge < -0.3 is 9.84 Å². The van der Waals surface area contributed by atoms with E-state index in [0.29, 0.717) is 15.4 Å². The maximum absolute atomic E-state index is 14.2. The number of halogens is 7. The lowest BCUT2D eigenvalue weighted by Gasteiger charge is -2.31. The van der Waals surface area contributed by atoms with E-state index in [1.54, 1.807) is 0 Å². The topological polar surface area (TPSA) is 99.2 Å². The molecule has 164 valence electrons. The molecule has 15 heteroatoms. The van der Waals surface area contributed by atoms with Gasteiger partial charge in [-0.3, -0.25) is 0 Å². The predicted molar refractivity (Wildman–Crippen MR) is 80.8 cm³/mol. The zero-order chi connectivity index (χ0) is 22.4. The van der Waals surface area contributed by atoms with Gasteiger partial charge in [-0.1, -0.05) is 0 Å². The fourth-order valence-electron chi connectivity index (χ4n) is 3.13. The van der Waals surface area contributed by atoms with Crippen molar-refractivity contribution in [2.45, 2.75) is 38.0 Å². The molecule has 8 nitrogen and oxygen atoms in total. The molecule has 0 saturated carbocycles. The van der Waals surface area contributed by atoms with Gasteiger partial charge in [0.15, 0.2) is 17.7 Å². The molecule has 0 aliphatic carbocycles. The average molecular weight is 444 g/mol. The Morgan fingerprint density at radius 3 is 2.50 bits per heavy atom. The van der Waals surface area contributed by atoms with Crippen LogP contribution in [0.2, 0.25) is 0 Å². The Balaban J connectivity index is 2.03. The molecule has 0 bridgehead atoms. The van der Waals surface area contributed by atoms with Crippen LogP contribution >= 0.6 is 0 Å². The highest BCUT2D eigenvalue weighted by Crippen LogP contribution is 2.41. The molecule has 1 aliphatic heterocycles. The molecule has 3 rings (SSSR count). The number of rotatable bonds is 3. The highest BCUT2D eigenvalue weighted by Gasteiger charge is 2.51. The Morgan fingerprint density at radius 1 is 1.27 bits per heavy atom. The van der Waals surface area contributed by atoms with Gasteiger partial charge in [0.25, 0.3) is 0 Å². The molecule has 0 spiro atoms. The van der Waals surface area contributed by atoms with Crippen molar-refractivity contribution in [2.24, 2.45) is 5.92 Å². The maximum Gasteiger partial charge on any atom is 0.507 e. The van der Waals surface area contributed by atoms with Gasteiger partial charge >= 0.3 is 24.2 Å². The Kier molecular flexibility index (Phi) is 5.24. The predicted octanol–water partition coefficient (Wildman–Crippen LogP) is 2.96. The number of carboxylic acid groups (broad SMARTS) is 1. The summed E-state index contributed by atoms with van der Waals surface area (Å²) in [5.41, 5.74) is -3.77. The minimum atomic E-state index is -5.11. The summed E-state index contributed by atoms with van der Waals surface area (Å²) in [5.74, 6) is -4.39. The number of pyridine rings is 1. The van der Waals surface area contributed by atoms with Gasteiger partial charge in [0.2, 0.25) is 0 Å². The summed E-state index contributed by atoms with van der Waals surface area (Å²) in [6, 6.07) is 0.846. The van der Waals surface area contributed by atoms with E-state index in [0.717, 1.165) is 6.07 Å². The second-order valence-corrected chi connectivity index (χ2v) is 6.32. The van der Waals surface area contributed by atoms with Crippen molar-refractivity contribution in [3.8, 4) is 0 Å². The smallest absolute Gasteiger partial charge is 0.450 e. The minimum Gasteiger partial charge on any atom is -0.450 e. The molecule has 0 fully saturated rings. The number of fused-ring (bicyclic) bond motifs is 1. The fraction of sp³-hybridized carbons (Fsp3) is 0.467. The largest absolute Gasteiger partial charge is 0.507 e. The summed E-state index contributed by atoms with van der Waals surface area (Å²) < 4.78 is 97.3. The van der Waals surface area contributed by atoms with Crippen LogP contribution in [0.1, 0.15) is 29.7 Å². The molecule has 30 heavy (non-hydrogen) atoms. The highest BCUT2D eigenvalue weighted by atomic mass is 19.4. The number of hydrogen-bond donors (Lipinski definition) is 1. The monoisotopic (exact) mass is 444 g/mol. The van der Waals surface area contributed by atoms with Crippen molar-refractivity contribution in [3.05, 3.63) is 45.6 Å². The molecule has 1 N–H and O–H groups in total. The molecular formula is C15H11F7N4O4. The van der Waals surface area contributed by atoms with Crippen molar-refractivity contribution in [2.75, 3.05) is 0 Å². The van der Waals surface area contributed by atoms with E-state index in [4.69, 9.17) is 5.11 Å². The number of aryl methyl sites for hydroxylation is 1. The molecule has 2 aromatic rings. The van der Waals surface area contributed by atoms with E-state index < -0.39 is 72.8 Å². The van der Waals surface area contributed by atoms with Crippen LogP contribution in [0.3, 0.4) is 0 Å². The summed E-state index contributed by atoms with van der Waals surface area (Å²) in [6.45, 7) is -0.854. The quantitative estimate of drug-likeness (QED) is 0.578. The number of ether oxygens (including phenoxy) is 1. The fourth-order valence-corrected chi connectivity index (χ4v) is 3.13. The van der Waals surface area contributed by atoms with Crippen molar-refractivity contribution < 1.29 is 45.4 Å². The molecule has 0 amide bonds. The van der Waals surface area contributed by atoms with Crippen molar-refractivity contribution >= 4 is 6.16 Å². The summed E-state index contributed by atoms with van der Waals surface area (Å²) >= 11 is 0. The molecule has 1 aliphatic rings. The van der Waals surface area contributed by atoms with Crippen LogP contribution in [-0.2, 0) is 23.9 Å². The lowest BCUT2D eigenvalue weighted by molar-refractivity contribution is -0.220.